The number of hydrogen-bond acceptors (Lipinski definition) is 6. The van der Waals surface area contributed by atoms with Gasteiger partial charge in [-0.2, -0.15) is 0 Å². The standard InChI is InChI=1S/C39H67O8P/c1-3-5-7-9-11-13-15-17-19-21-23-25-27-29-31-33-38(40)45-35-37(36-46-48(42,43)44)47-39(41)34-32-30-28-26-24-22-20-18-16-14-12-10-8-6-4-2/h11-14,17-20,24,26,37H,3-10,15-16,21-23,25,27-36H2,1-2H3,(H2,42,43,44)/b13-11+,14-12+,19-17+,20-18+,26-24+/t37-/m1/s1. The summed E-state index contributed by atoms with van der Waals surface area (Å²) >= 11 is 0. The van der Waals surface area contributed by atoms with E-state index in [1.807, 2.05) is 0 Å². The van der Waals surface area contributed by atoms with Gasteiger partial charge in [-0.05, 0) is 83.5 Å². The maximum atomic E-state index is 12.3. The Morgan fingerprint density at radius 1 is 0.542 bits per heavy atom. The van der Waals surface area contributed by atoms with Gasteiger partial charge in [-0.25, -0.2) is 4.57 Å². The third kappa shape index (κ3) is 36.6. The van der Waals surface area contributed by atoms with Crippen molar-refractivity contribution in [2.75, 3.05) is 13.2 Å². The van der Waals surface area contributed by atoms with Crippen LogP contribution in [0.5, 0.6) is 0 Å². The van der Waals surface area contributed by atoms with Gasteiger partial charge >= 0.3 is 19.8 Å². The summed E-state index contributed by atoms with van der Waals surface area (Å²) < 4.78 is 26.2. The number of allylic oxidation sites excluding steroid dienone is 10. The molecule has 0 heterocycles. The minimum Gasteiger partial charge on any atom is -0.462 e. The summed E-state index contributed by atoms with van der Waals surface area (Å²) in [7, 11) is -4.76. The van der Waals surface area contributed by atoms with E-state index < -0.39 is 32.5 Å². The molecular formula is C39H67O8P. The van der Waals surface area contributed by atoms with Crippen LogP contribution in [0.4, 0.5) is 0 Å². The molecule has 2 N–H and O–H groups in total. The molecule has 0 saturated heterocycles. The van der Waals surface area contributed by atoms with Crippen molar-refractivity contribution in [3.8, 4) is 0 Å². The number of phosphoric ester groups is 1. The average molecular weight is 695 g/mol. The molecule has 0 bridgehead atoms. The zero-order chi connectivity index (χ0) is 35.4. The maximum Gasteiger partial charge on any atom is 0.469 e. The van der Waals surface area contributed by atoms with Crippen LogP contribution in [0, 0.1) is 0 Å². The van der Waals surface area contributed by atoms with Gasteiger partial charge < -0.3 is 19.3 Å². The molecule has 0 aliphatic rings. The first-order valence-corrected chi connectivity index (χ1v) is 20.1. The largest absolute Gasteiger partial charge is 0.469 e. The third-order valence-electron chi connectivity index (χ3n) is 7.51. The second kappa shape index (κ2) is 34.6. The normalized spacial score (nSPS) is 13.2. The summed E-state index contributed by atoms with van der Waals surface area (Å²) in [6.45, 7) is 3.56. The predicted octanol–water partition coefficient (Wildman–Crippen LogP) is 11.0. The lowest BCUT2D eigenvalue weighted by Gasteiger charge is -2.18. The molecule has 9 heteroatoms. The molecule has 0 radical (unpaired) electrons. The minimum atomic E-state index is -4.76. The van der Waals surface area contributed by atoms with Gasteiger partial charge in [0, 0.05) is 12.8 Å². The van der Waals surface area contributed by atoms with Gasteiger partial charge in [0.05, 0.1) is 6.61 Å². The van der Waals surface area contributed by atoms with Crippen molar-refractivity contribution in [1.82, 2.24) is 0 Å². The molecule has 0 saturated carbocycles. The minimum absolute atomic E-state index is 0.157. The van der Waals surface area contributed by atoms with Crippen LogP contribution in [-0.4, -0.2) is 41.0 Å². The van der Waals surface area contributed by atoms with Crippen LogP contribution in [0.3, 0.4) is 0 Å². The molecular weight excluding hydrogens is 627 g/mol. The molecule has 0 aliphatic carbocycles. The summed E-state index contributed by atoms with van der Waals surface area (Å²) in [4.78, 5) is 42.7. The van der Waals surface area contributed by atoms with E-state index >= 15 is 0 Å². The highest BCUT2D eigenvalue weighted by Crippen LogP contribution is 2.35. The van der Waals surface area contributed by atoms with Crippen molar-refractivity contribution in [3.63, 3.8) is 0 Å². The number of carbonyl (C=O) groups is 2. The van der Waals surface area contributed by atoms with Crippen molar-refractivity contribution in [2.24, 2.45) is 0 Å². The van der Waals surface area contributed by atoms with E-state index in [1.165, 1.54) is 44.9 Å². The fourth-order valence-electron chi connectivity index (χ4n) is 4.70. The number of hydrogen-bond donors (Lipinski definition) is 2. The molecule has 1 atom stereocenters. The van der Waals surface area contributed by atoms with Gasteiger partial charge in [0.2, 0.25) is 0 Å². The lowest BCUT2D eigenvalue weighted by atomic mass is 10.1. The quantitative estimate of drug-likeness (QED) is 0.0301. The van der Waals surface area contributed by atoms with E-state index in [4.69, 9.17) is 19.3 Å². The zero-order valence-electron chi connectivity index (χ0n) is 30.1. The average Bonchev–Trinajstić information content (AvgIpc) is 3.05. The third-order valence-corrected chi connectivity index (χ3v) is 7.99. The Hall–Kier alpha value is -2.25. The highest BCUT2D eigenvalue weighted by atomic mass is 31.2. The lowest BCUT2D eigenvalue weighted by molar-refractivity contribution is -0.161. The molecule has 48 heavy (non-hydrogen) atoms. The molecule has 0 aromatic rings. The second-order valence-corrected chi connectivity index (χ2v) is 13.4. The Balaban J connectivity index is 4.09. The van der Waals surface area contributed by atoms with E-state index in [2.05, 4.69) is 79.1 Å². The van der Waals surface area contributed by atoms with E-state index in [0.29, 0.717) is 12.8 Å². The molecule has 0 aliphatic heterocycles. The Bertz CT molecular complexity index is 963. The second-order valence-electron chi connectivity index (χ2n) is 12.2. The molecule has 0 aromatic heterocycles. The topological polar surface area (TPSA) is 119 Å². The zero-order valence-corrected chi connectivity index (χ0v) is 31.0. The first kappa shape index (κ1) is 45.8. The molecule has 0 aromatic carbocycles. The fourth-order valence-corrected chi connectivity index (χ4v) is 5.06. The molecule has 276 valence electrons. The van der Waals surface area contributed by atoms with Gasteiger partial charge in [-0.1, -0.05) is 120 Å². The Morgan fingerprint density at radius 2 is 0.938 bits per heavy atom. The van der Waals surface area contributed by atoms with Gasteiger partial charge in [-0.15, -0.1) is 0 Å². The summed E-state index contributed by atoms with van der Waals surface area (Å²) in [6, 6.07) is 0. The van der Waals surface area contributed by atoms with Crippen LogP contribution >= 0.6 is 7.82 Å². The highest BCUT2D eigenvalue weighted by Gasteiger charge is 2.22. The van der Waals surface area contributed by atoms with Crippen LogP contribution in [0.15, 0.2) is 60.8 Å². The number of phosphoric acid groups is 1. The van der Waals surface area contributed by atoms with Crippen LogP contribution in [0.25, 0.3) is 0 Å². The first-order valence-electron chi connectivity index (χ1n) is 18.6. The van der Waals surface area contributed by atoms with Gasteiger partial charge in [0.1, 0.15) is 6.61 Å². The predicted molar refractivity (Wildman–Crippen MR) is 197 cm³/mol. The van der Waals surface area contributed by atoms with Crippen LogP contribution in [-0.2, 0) is 28.2 Å². The Labute approximate surface area is 292 Å². The number of unbranched alkanes of at least 4 members (excludes halogenated alkanes) is 13. The molecule has 0 amide bonds. The highest BCUT2D eigenvalue weighted by molar-refractivity contribution is 7.46. The summed E-state index contributed by atoms with van der Waals surface area (Å²) in [6.07, 6.45) is 42.2. The summed E-state index contributed by atoms with van der Waals surface area (Å²) in [5.41, 5.74) is 0. The van der Waals surface area contributed by atoms with Gasteiger partial charge in [0.15, 0.2) is 6.10 Å². The molecule has 0 fully saturated rings. The van der Waals surface area contributed by atoms with Crippen LogP contribution in [0.2, 0.25) is 0 Å². The van der Waals surface area contributed by atoms with Crippen molar-refractivity contribution >= 4 is 19.8 Å². The maximum absolute atomic E-state index is 12.3. The molecule has 0 spiro atoms. The number of esters is 2. The molecule has 0 unspecified atom stereocenters. The van der Waals surface area contributed by atoms with Crippen molar-refractivity contribution in [3.05, 3.63) is 60.8 Å². The number of carbonyl (C=O) groups excluding carboxylic acids is 2. The van der Waals surface area contributed by atoms with E-state index in [1.54, 1.807) is 0 Å². The van der Waals surface area contributed by atoms with Crippen molar-refractivity contribution < 1.29 is 37.9 Å². The molecule has 8 nitrogen and oxygen atoms in total. The summed E-state index contributed by atoms with van der Waals surface area (Å²) in [5, 5.41) is 0. The van der Waals surface area contributed by atoms with Crippen molar-refractivity contribution in [2.45, 2.75) is 161 Å². The Morgan fingerprint density at radius 3 is 1.44 bits per heavy atom. The number of ether oxygens (including phenoxy) is 2. The van der Waals surface area contributed by atoms with E-state index in [9.17, 15) is 14.2 Å². The van der Waals surface area contributed by atoms with Crippen molar-refractivity contribution in [1.29, 1.82) is 0 Å². The van der Waals surface area contributed by atoms with Gasteiger partial charge in [-0.3, -0.25) is 14.1 Å². The molecule has 0 rings (SSSR count). The van der Waals surface area contributed by atoms with E-state index in [0.717, 1.165) is 70.6 Å². The lowest BCUT2D eigenvalue weighted by Crippen LogP contribution is -2.29. The van der Waals surface area contributed by atoms with E-state index in [-0.39, 0.29) is 19.4 Å². The Kier molecular flexibility index (Phi) is 33.0. The SMILES string of the molecule is CCCCC/C=C/C/C=C/C/C=C/CCCCC(=O)O[C@H](COC(=O)CCCCCCC/C=C/C/C=C/CCCCC)COP(=O)(O)O. The van der Waals surface area contributed by atoms with Crippen LogP contribution in [0.1, 0.15) is 155 Å². The number of rotatable bonds is 33. The van der Waals surface area contributed by atoms with Crippen LogP contribution < -0.4 is 0 Å². The first-order chi connectivity index (χ1) is 23.3. The smallest absolute Gasteiger partial charge is 0.462 e. The monoisotopic (exact) mass is 694 g/mol. The fraction of sp³-hybridized carbons (Fsp3) is 0.692. The summed E-state index contributed by atoms with van der Waals surface area (Å²) in [5.74, 6) is -0.952. The van der Waals surface area contributed by atoms with Gasteiger partial charge in [0.25, 0.3) is 0 Å².